The van der Waals surface area contributed by atoms with E-state index in [1.54, 1.807) is 29.2 Å². The molecule has 25 rings (SSSR count). The number of para-hydroxylation sites is 3. The third-order valence-electron chi connectivity index (χ3n) is 35.3. The van der Waals surface area contributed by atoms with Crippen molar-refractivity contribution in [1.82, 2.24) is 13.9 Å². The highest BCUT2D eigenvalue weighted by atomic mass is 35.5. The number of nitriles is 3. The summed E-state index contributed by atoms with van der Waals surface area (Å²) in [5, 5.41) is 43.1. The van der Waals surface area contributed by atoms with Crippen LogP contribution in [0, 0.1) is 34.0 Å². The van der Waals surface area contributed by atoms with Gasteiger partial charge in [0.2, 0.25) is 0 Å². The molecule has 0 aromatic heterocycles. The van der Waals surface area contributed by atoms with Gasteiger partial charge in [0, 0.05) is 108 Å². The third kappa shape index (κ3) is 17.3. The van der Waals surface area contributed by atoms with Gasteiger partial charge in [-0.15, -0.1) is 0 Å². The number of ether oxygens (including phenoxy) is 6. The second-order valence-corrected chi connectivity index (χ2v) is 47.9. The predicted molar refractivity (Wildman–Crippen MR) is 584 cm³/mol. The summed E-state index contributed by atoms with van der Waals surface area (Å²) in [6.07, 6.45) is 14.0. The number of amides is 4. The minimum atomic E-state index is -4.27. The number of azo groups is 1. The van der Waals surface area contributed by atoms with Gasteiger partial charge in [0.15, 0.2) is 0 Å². The van der Waals surface area contributed by atoms with Crippen LogP contribution in [0.25, 0.3) is 0 Å². The van der Waals surface area contributed by atoms with E-state index < -0.39 is 67.4 Å². The summed E-state index contributed by atoms with van der Waals surface area (Å²) in [6.45, 7) is 15.4. The SMILES string of the molecule is CN(Cl)C(=O)c1ccccc1.CN1c2cccc3c2[C@@](N=N[C@]24CCC[C@H]2N(C(=O)OCc2ccccc2)c2ccccc24)(CCC[C@@H]3[C@H]2OC2(C)C)[C@H]1C#N.CN1c2cccc3c2[C@@](NS(=O)(=O)N[C@]24CCC[C@H]2N(C(=O)OCc2ccccc2)c2ccccc24)(CCC[C@@H]3[C@H]2OC2(C)C)[C@H]1C#N.CN1c2cccc3c2[C@@]([C@]24CCC[C@H]2N(C(=O)OCc2ccccc2)c2ccccc24)(CCC[C@@H]3[C@H]2OC2(C)C)[C@H]1C#N.CP=S. The van der Waals surface area contributed by atoms with Crippen LogP contribution in [0.5, 0.6) is 0 Å². The van der Waals surface area contributed by atoms with E-state index in [1.807, 2.05) is 193 Å². The number of anilines is 6. The van der Waals surface area contributed by atoms with Gasteiger partial charge in [-0.25, -0.2) is 14.4 Å². The standard InChI is InChI=1S/C37H41N5O5S.C37H39N5O3.C37H39N3O3.C8H8ClNO.CH3PS/c1-35(2)33(47-35)26-15-10-21-37(31(22-38)41(3)29-18-9-14-25(26)32(29)37)40-48(44,45)39-36-20-11-19-30(36)42(28-17-8-7-16-27(28)36)34(43)46-23-24-12-5-4-6-13-24;1-35(2)33(45-35)26-15-10-21-37(31(22-38)41(3)29-18-9-14-25(26)32(29)37)40-39-36-20-11-19-30(36)42(28-17-8-7-16-27(28)36)34(43)44-23-24-12-5-4-6-13-24;1-35(2)33(43-35)26-15-10-21-37(31(22-38)39(3)29-18-9-14-25(26)32(29)37)36-20-11-19-30(36)40(28-17-8-7-16-27(28)36)34(41)42-23-24-12-5-4-6-13-24;1-10(9)8(11)7-5-3-2-4-6-7;1-2-3/h4-9,12-14,16-18,26,30-31,33,39-40H,10-11,15,19-21,23H2,1-3H3;4-9,12-14,16-18,26,30-31,33H,10-11,15,19-21,23H2,1-3H3;4-9,12-14,16-18,26,30-31,33H,10-11,15,19-21,23H2,1-3H3;2-6H,1H3;1H3/t3*26-,30+,31+,33+,36-,37+;;/m000../s1. The lowest BCUT2D eigenvalue weighted by Gasteiger charge is -2.50. The first-order chi connectivity index (χ1) is 72.3. The van der Waals surface area contributed by atoms with Gasteiger partial charge in [0.25, 0.3) is 16.1 Å². The summed E-state index contributed by atoms with van der Waals surface area (Å²) in [5.74, 6) is 0.442. The van der Waals surface area contributed by atoms with Gasteiger partial charge < -0.3 is 43.1 Å². The molecule has 3 saturated carbocycles. The minimum Gasteiger partial charge on any atom is -0.444 e. The van der Waals surface area contributed by atoms with E-state index in [4.69, 9.17) is 50.4 Å². The Hall–Kier alpha value is -12.5. The fourth-order valence-corrected chi connectivity index (χ4v) is 30.9. The van der Waals surface area contributed by atoms with Crippen LogP contribution < -0.4 is 38.8 Å². The Morgan fingerprint density at radius 1 is 0.413 bits per heavy atom. The number of nitrogens with zero attached hydrogens (tertiary/aromatic N) is 12. The van der Waals surface area contributed by atoms with Gasteiger partial charge in [-0.2, -0.15) is 43.9 Å². The van der Waals surface area contributed by atoms with Gasteiger partial charge >= 0.3 is 18.3 Å². The summed E-state index contributed by atoms with van der Waals surface area (Å²) < 4.78 is 73.0. The number of fused-ring (bicyclic) bond motifs is 10. The van der Waals surface area contributed by atoms with Crippen LogP contribution >= 0.6 is 19.1 Å². The molecule has 9 aliphatic heterocycles. The Morgan fingerprint density at radius 3 is 1.26 bits per heavy atom. The molecule has 15 aliphatic rings. The number of carbonyl (C=O) groups excluding carboxylic acids is 4. The molecule has 10 aromatic rings. The molecule has 150 heavy (non-hydrogen) atoms. The lowest BCUT2D eigenvalue weighted by molar-refractivity contribution is 0.0884. The Balaban J connectivity index is 0.000000123. The number of rotatable bonds is 17. The summed E-state index contributed by atoms with van der Waals surface area (Å²) in [4.78, 5) is 64.4. The molecule has 776 valence electrons. The molecule has 0 radical (unpaired) electrons. The number of hydrogen-bond acceptors (Lipinski definition) is 21. The molecule has 10 aromatic carbocycles. The number of halogens is 1. The lowest BCUT2D eigenvalue weighted by atomic mass is 9.51. The molecule has 9 heterocycles. The van der Waals surface area contributed by atoms with Crippen LogP contribution in [0.3, 0.4) is 0 Å². The molecule has 0 bridgehead atoms. The lowest BCUT2D eigenvalue weighted by Crippen LogP contribution is -2.61. The molecular weight excluding hydrogens is 1960 g/mol. The van der Waals surface area contributed by atoms with Crippen molar-refractivity contribution in [3.05, 3.63) is 321 Å². The van der Waals surface area contributed by atoms with Gasteiger partial charge in [-0.05, 0) is 250 Å². The summed E-state index contributed by atoms with van der Waals surface area (Å²) >= 11 is 9.81. The van der Waals surface area contributed by atoms with E-state index in [9.17, 15) is 43.4 Å². The van der Waals surface area contributed by atoms with Crippen molar-refractivity contribution in [1.29, 1.82) is 15.8 Å². The van der Waals surface area contributed by atoms with Gasteiger partial charge in [-0.3, -0.25) is 23.9 Å². The maximum Gasteiger partial charge on any atom is 0.414 e. The summed E-state index contributed by atoms with van der Waals surface area (Å²) in [5.41, 5.74) is 13.7. The monoisotopic (exact) mass is 2090 g/mol. The number of epoxide rings is 3. The smallest absolute Gasteiger partial charge is 0.414 e. The van der Waals surface area contributed by atoms with Crippen molar-refractivity contribution in [2.45, 2.75) is 299 Å². The highest BCUT2D eigenvalue weighted by Crippen LogP contribution is 2.72. The van der Waals surface area contributed by atoms with Crippen molar-refractivity contribution >= 4 is 99.5 Å². The van der Waals surface area contributed by atoms with Crippen LogP contribution in [0.15, 0.2) is 259 Å². The predicted octanol–water partition coefficient (Wildman–Crippen LogP) is 23.7. The average Bonchev–Trinajstić information content (AvgIpc) is 1.48. The number of carbonyl (C=O) groups is 4. The Bertz CT molecular complexity index is 7160. The van der Waals surface area contributed by atoms with Crippen molar-refractivity contribution in [2.24, 2.45) is 10.2 Å². The topological polar surface area (TPSA) is 311 Å². The molecule has 6 aliphatic carbocycles. The number of nitrogens with one attached hydrogen (secondary N) is 2. The van der Waals surface area contributed by atoms with E-state index in [0.29, 0.717) is 30.5 Å². The first-order valence-electron chi connectivity index (χ1n) is 52.9. The van der Waals surface area contributed by atoms with Crippen molar-refractivity contribution < 1.29 is 56.0 Å². The van der Waals surface area contributed by atoms with E-state index >= 15 is 0 Å². The fourth-order valence-electron chi connectivity index (χ4n) is 29.1. The van der Waals surface area contributed by atoms with Crippen LogP contribution in [0.1, 0.15) is 252 Å². The van der Waals surface area contributed by atoms with Crippen molar-refractivity contribution in [2.75, 3.05) is 64.3 Å². The zero-order valence-corrected chi connectivity index (χ0v) is 90.1. The molecular formula is C120H130ClN14O12PS2. The summed E-state index contributed by atoms with van der Waals surface area (Å²) in [6, 6.07) is 86.8. The first-order valence-corrected chi connectivity index (χ1v) is 57.0. The highest BCUT2D eigenvalue weighted by molar-refractivity contribution is 7.96. The van der Waals surface area contributed by atoms with Gasteiger partial charge in [-0.1, -0.05) is 231 Å². The maximum atomic E-state index is 14.7. The molecule has 18 atom stereocenters. The zero-order valence-electron chi connectivity index (χ0n) is 86.9. The molecule has 30 heteroatoms. The summed E-state index contributed by atoms with van der Waals surface area (Å²) in [7, 11) is 4.21. The minimum absolute atomic E-state index is 0.0294. The van der Waals surface area contributed by atoms with E-state index in [2.05, 4.69) is 165 Å². The third-order valence-corrected chi connectivity index (χ3v) is 36.8. The van der Waals surface area contributed by atoms with Crippen molar-refractivity contribution in [3.8, 4) is 18.2 Å². The van der Waals surface area contributed by atoms with Crippen LogP contribution in [0.4, 0.5) is 48.5 Å². The number of benzene rings is 10. The molecule has 3 saturated heterocycles. The van der Waals surface area contributed by atoms with Crippen LogP contribution in [0.2, 0.25) is 0 Å². The maximum absolute atomic E-state index is 14.7. The molecule has 2 N–H and O–H groups in total. The number of likely N-dealkylation sites (N-methyl/N-ethyl adjacent to an activating group) is 3. The van der Waals surface area contributed by atoms with E-state index in [-0.39, 0.29) is 109 Å². The second kappa shape index (κ2) is 40.3. The fraction of sp³-hybridized carbons (Fsp3) is 0.442. The normalized spacial score (nSPS) is 29.7. The van der Waals surface area contributed by atoms with E-state index in [0.717, 1.165) is 181 Å². The second-order valence-electron chi connectivity index (χ2n) is 44.6. The number of hydrogen-bond donors (Lipinski definition) is 2. The Kier molecular flexibility index (Phi) is 27.7. The molecule has 26 nitrogen and oxygen atoms in total. The van der Waals surface area contributed by atoms with Gasteiger partial charge in [0.1, 0.15) is 49.0 Å². The molecule has 6 fully saturated rings. The van der Waals surface area contributed by atoms with Crippen molar-refractivity contribution in [3.63, 3.8) is 0 Å². The quantitative estimate of drug-likeness (QED) is 0.0281. The van der Waals surface area contributed by atoms with E-state index in [1.165, 1.54) is 29.3 Å². The van der Waals surface area contributed by atoms with Crippen LogP contribution in [-0.2, 0) is 103 Å². The molecule has 4 amide bonds. The van der Waals surface area contributed by atoms with Gasteiger partial charge in [0.05, 0.1) is 99.6 Å². The first kappa shape index (κ1) is 103. The zero-order chi connectivity index (χ0) is 105. The Labute approximate surface area is 891 Å². The molecule has 0 unspecified atom stereocenters. The highest BCUT2D eigenvalue weighted by Gasteiger charge is 2.74. The van der Waals surface area contributed by atoms with Crippen LogP contribution in [-0.4, -0.2) is 143 Å². The largest absolute Gasteiger partial charge is 0.444 e. The average molecular weight is 2090 g/mol. The Morgan fingerprint density at radius 2 is 0.753 bits per heavy atom. The molecule has 0 spiro atoms.